The standard InChI is InChI=1S/C34H24Br2Cl2F3N5O7/c1-53-21-10-18(24(35)25(36)26(21)47)23-15-6-7-16-22(30(50)45(28(16)48)32(42)52)17(15)9-19-29(49)46(31(51)33(19,23)12-2-4-14(37)5-3-12)44-27-20(38)8-13(11-43-27)34(39,40)41/h2-6,8,10-11,16-17,19,22-23,47H,7,9H2,1H3,(H2,42,52)(H,43,44)/t16-,17+,19-,22-,23+,33+/m0/s1. The number of ether oxygens (including phenoxy) is 1. The number of methoxy groups -OCH3 is 1. The van der Waals surface area contributed by atoms with E-state index in [1.54, 1.807) is 18.2 Å². The number of amides is 6. The number of benzene rings is 2. The van der Waals surface area contributed by atoms with Gasteiger partial charge in [-0.1, -0.05) is 47.0 Å². The summed E-state index contributed by atoms with van der Waals surface area (Å²) in [7, 11) is 1.31. The highest BCUT2D eigenvalue weighted by molar-refractivity contribution is 9.13. The SMILES string of the molecule is COc1cc([C@H]2C3=CC[C@@H]4C(=O)N(C(N)=O)C(=O)[C@@H]4[C@@H]3C[C@H]3C(=O)N(Nc4ncc(C(F)(F)F)cc4Cl)C(=O)[C@@]23c2ccc(Cl)cc2)c(Br)c(Br)c1O. The number of hydrogen-bond acceptors (Lipinski definition) is 9. The van der Waals surface area contributed by atoms with Gasteiger partial charge in [0.15, 0.2) is 17.3 Å². The van der Waals surface area contributed by atoms with Crippen molar-refractivity contribution >= 4 is 90.5 Å². The monoisotopic (exact) mass is 899 g/mol. The molecule has 3 fully saturated rings. The van der Waals surface area contributed by atoms with Crippen molar-refractivity contribution in [3.05, 3.63) is 89.9 Å². The summed E-state index contributed by atoms with van der Waals surface area (Å²) in [6.07, 6.45) is -2.79. The molecule has 6 atom stereocenters. The van der Waals surface area contributed by atoms with E-state index in [4.69, 9.17) is 33.7 Å². The minimum absolute atomic E-state index is 0.0196. The third-order valence-electron chi connectivity index (χ3n) is 10.5. The van der Waals surface area contributed by atoms with Crippen LogP contribution < -0.4 is 15.9 Å². The topological polar surface area (TPSA) is 172 Å². The Hall–Kier alpha value is -4.19. The molecule has 2 aliphatic heterocycles. The molecule has 6 amide bonds. The number of aromatic nitrogens is 1. The number of urea groups is 1. The number of primary amides is 1. The number of likely N-dealkylation sites (tertiary alicyclic amines) is 1. The Balaban J connectivity index is 1.49. The summed E-state index contributed by atoms with van der Waals surface area (Å²) in [5, 5.41) is 11.3. The van der Waals surface area contributed by atoms with Gasteiger partial charge in [-0.15, -0.1) is 0 Å². The number of nitrogens with zero attached hydrogens (tertiary/aromatic N) is 3. The number of carbonyl (C=O) groups excluding carboxylic acids is 5. The van der Waals surface area contributed by atoms with E-state index in [9.17, 15) is 37.5 Å². The molecular weight excluding hydrogens is 878 g/mol. The van der Waals surface area contributed by atoms with Crippen LogP contribution in [0.4, 0.5) is 23.8 Å². The zero-order valence-electron chi connectivity index (χ0n) is 26.9. The van der Waals surface area contributed by atoms with E-state index in [1.807, 2.05) is 0 Å². The Morgan fingerprint density at radius 1 is 1.06 bits per heavy atom. The van der Waals surface area contributed by atoms with Crippen LogP contribution in [0.5, 0.6) is 11.5 Å². The lowest BCUT2D eigenvalue weighted by atomic mass is 9.49. The van der Waals surface area contributed by atoms with E-state index in [0.29, 0.717) is 43.9 Å². The van der Waals surface area contributed by atoms with Crippen LogP contribution >= 0.6 is 55.1 Å². The fourth-order valence-corrected chi connectivity index (χ4v) is 9.61. The number of allylic oxidation sites excluding steroid dienone is 2. The number of halogens is 7. The smallest absolute Gasteiger partial charge is 0.417 e. The highest BCUT2D eigenvalue weighted by atomic mass is 79.9. The average Bonchev–Trinajstić information content (AvgIpc) is 3.49. The number of carbonyl (C=O) groups is 5. The lowest BCUT2D eigenvalue weighted by molar-refractivity contribution is -0.140. The second kappa shape index (κ2) is 13.0. The first-order valence-corrected chi connectivity index (χ1v) is 18.0. The van der Waals surface area contributed by atoms with Gasteiger partial charge in [-0.05, 0) is 86.0 Å². The van der Waals surface area contributed by atoms with E-state index >= 15 is 4.79 Å². The Bertz CT molecular complexity index is 2190. The summed E-state index contributed by atoms with van der Waals surface area (Å²) in [6.45, 7) is 0. The number of pyridine rings is 1. The summed E-state index contributed by atoms with van der Waals surface area (Å²) >= 11 is 19.4. The van der Waals surface area contributed by atoms with Gasteiger partial charge >= 0.3 is 12.2 Å². The van der Waals surface area contributed by atoms with E-state index in [0.717, 1.165) is 0 Å². The third kappa shape index (κ3) is 5.44. The van der Waals surface area contributed by atoms with Gasteiger partial charge in [-0.2, -0.15) is 23.1 Å². The van der Waals surface area contributed by atoms with Crippen LogP contribution in [0.1, 0.15) is 35.4 Å². The van der Waals surface area contributed by atoms with E-state index in [1.165, 1.54) is 25.3 Å². The molecule has 1 aromatic heterocycles. The minimum Gasteiger partial charge on any atom is -0.503 e. The van der Waals surface area contributed by atoms with Crippen LogP contribution in [0.3, 0.4) is 0 Å². The fourth-order valence-electron chi connectivity index (χ4n) is 8.32. The maximum absolute atomic E-state index is 15.3. The largest absolute Gasteiger partial charge is 0.503 e. The predicted octanol–water partition coefficient (Wildman–Crippen LogP) is 6.71. The zero-order valence-corrected chi connectivity index (χ0v) is 31.6. The van der Waals surface area contributed by atoms with Crippen LogP contribution in [0, 0.1) is 23.7 Å². The second-order valence-corrected chi connectivity index (χ2v) is 15.3. The molecule has 4 N–H and O–H groups in total. The molecule has 0 unspecified atom stereocenters. The molecule has 0 bridgehead atoms. The summed E-state index contributed by atoms with van der Waals surface area (Å²) in [4.78, 5) is 73.7. The fraction of sp³-hybridized carbons (Fsp3) is 0.294. The number of aromatic hydroxyl groups is 1. The summed E-state index contributed by atoms with van der Waals surface area (Å²) in [6, 6.07) is 6.97. The quantitative estimate of drug-likeness (QED) is 0.186. The first-order valence-electron chi connectivity index (χ1n) is 15.7. The molecule has 19 heteroatoms. The molecular formula is C34H24Br2Cl2F3N5O7. The molecule has 276 valence electrons. The number of alkyl halides is 3. The molecule has 3 heterocycles. The van der Waals surface area contributed by atoms with Crippen molar-refractivity contribution in [2.45, 2.75) is 30.4 Å². The van der Waals surface area contributed by atoms with Gasteiger partial charge < -0.3 is 15.6 Å². The van der Waals surface area contributed by atoms with E-state index in [2.05, 4.69) is 42.3 Å². The van der Waals surface area contributed by atoms with Crippen LogP contribution in [-0.4, -0.2) is 56.8 Å². The Morgan fingerprint density at radius 3 is 2.34 bits per heavy atom. The maximum atomic E-state index is 15.3. The number of fused-ring (bicyclic) bond motifs is 4. The number of phenols is 1. The normalized spacial score (nSPS) is 26.6. The number of phenolic OH excluding ortho intramolecular Hbond substituents is 1. The molecule has 0 radical (unpaired) electrons. The molecule has 2 saturated heterocycles. The first kappa shape index (κ1) is 37.1. The molecule has 1 saturated carbocycles. The first-order chi connectivity index (χ1) is 24.9. The third-order valence-corrected chi connectivity index (χ3v) is 13.2. The lowest BCUT2D eigenvalue weighted by Gasteiger charge is -2.51. The Kier molecular flexibility index (Phi) is 9.10. The molecule has 2 aromatic carbocycles. The van der Waals surface area contributed by atoms with Gasteiger partial charge in [0.25, 0.3) is 11.8 Å². The van der Waals surface area contributed by atoms with Crippen LogP contribution in [0.2, 0.25) is 10.0 Å². The van der Waals surface area contributed by atoms with Gasteiger partial charge in [0, 0.05) is 21.6 Å². The van der Waals surface area contributed by atoms with Crippen LogP contribution in [0.15, 0.2) is 63.2 Å². The zero-order chi connectivity index (χ0) is 38.5. The van der Waals surface area contributed by atoms with Gasteiger partial charge in [0.05, 0.1) is 45.3 Å². The summed E-state index contributed by atoms with van der Waals surface area (Å²) < 4.78 is 46.2. The molecule has 53 heavy (non-hydrogen) atoms. The number of nitrogens with two attached hydrogens (primary N) is 1. The number of hydrazine groups is 1. The highest BCUT2D eigenvalue weighted by Gasteiger charge is 2.71. The molecule has 2 aliphatic carbocycles. The van der Waals surface area contributed by atoms with E-state index in [-0.39, 0.29) is 33.3 Å². The maximum Gasteiger partial charge on any atom is 0.417 e. The number of imide groups is 4. The van der Waals surface area contributed by atoms with E-state index < -0.39 is 87.2 Å². The lowest BCUT2D eigenvalue weighted by Crippen LogP contribution is -2.53. The highest BCUT2D eigenvalue weighted by Crippen LogP contribution is 2.65. The van der Waals surface area contributed by atoms with Crippen molar-refractivity contribution in [1.29, 1.82) is 0 Å². The minimum atomic E-state index is -4.78. The van der Waals surface area contributed by atoms with Gasteiger partial charge in [0.2, 0.25) is 11.8 Å². The predicted molar refractivity (Wildman–Crippen MR) is 188 cm³/mol. The van der Waals surface area contributed by atoms with Crippen molar-refractivity contribution in [2.75, 3.05) is 12.5 Å². The van der Waals surface area contributed by atoms with Crippen LogP contribution in [0.25, 0.3) is 0 Å². The van der Waals surface area contributed by atoms with Gasteiger partial charge in [-0.25, -0.2) is 9.78 Å². The van der Waals surface area contributed by atoms with Gasteiger partial charge in [-0.3, -0.25) is 24.6 Å². The van der Waals surface area contributed by atoms with Crippen molar-refractivity contribution in [2.24, 2.45) is 29.4 Å². The van der Waals surface area contributed by atoms with Gasteiger partial charge in [0.1, 0.15) is 0 Å². The Labute approximate surface area is 324 Å². The molecule has 7 rings (SSSR count). The average molecular weight is 902 g/mol. The number of hydrogen-bond donors (Lipinski definition) is 3. The molecule has 0 spiro atoms. The second-order valence-electron chi connectivity index (χ2n) is 12.9. The summed E-state index contributed by atoms with van der Waals surface area (Å²) in [5.74, 6) is -9.60. The Morgan fingerprint density at radius 2 is 1.74 bits per heavy atom. The number of anilines is 1. The molecule has 4 aliphatic rings. The van der Waals surface area contributed by atoms with Crippen molar-refractivity contribution in [1.82, 2.24) is 14.9 Å². The summed E-state index contributed by atoms with van der Waals surface area (Å²) in [5.41, 5.74) is 6.05. The number of nitrogens with one attached hydrogen (secondary N) is 1. The number of rotatable bonds is 5. The van der Waals surface area contributed by atoms with Crippen molar-refractivity contribution in [3.8, 4) is 11.5 Å². The molecule has 12 nitrogen and oxygen atoms in total. The van der Waals surface area contributed by atoms with Crippen molar-refractivity contribution < 1.29 is 47.0 Å². The van der Waals surface area contributed by atoms with Crippen LogP contribution in [-0.2, 0) is 30.8 Å². The molecule has 3 aromatic rings. The van der Waals surface area contributed by atoms with Crippen molar-refractivity contribution in [3.63, 3.8) is 0 Å².